The van der Waals surface area contributed by atoms with E-state index in [4.69, 9.17) is 0 Å². The molecule has 1 aliphatic heterocycles. The summed E-state index contributed by atoms with van der Waals surface area (Å²) in [6.45, 7) is 5.66. The number of carboxylic acids is 1. The molecule has 1 N–H and O–H groups in total. The predicted molar refractivity (Wildman–Crippen MR) is 147 cm³/mol. The molecule has 1 spiro atoms. The number of alkyl halides is 3. The molecule has 1 saturated heterocycles. The highest BCUT2D eigenvalue weighted by atomic mass is 19.4. The number of hydrogen-bond acceptors (Lipinski definition) is 2. The summed E-state index contributed by atoms with van der Waals surface area (Å²) in [6, 6.07) is 16.8. The third-order valence-corrected chi connectivity index (χ3v) is 8.67. The smallest absolute Gasteiger partial charge is 0.416 e. The van der Waals surface area contributed by atoms with Gasteiger partial charge in [-0.2, -0.15) is 13.2 Å². The molecule has 1 heterocycles. The fraction of sp³-hybridized carbons (Fsp3) is 0.424. The van der Waals surface area contributed by atoms with Gasteiger partial charge in [-0.1, -0.05) is 50.2 Å². The lowest BCUT2D eigenvalue weighted by atomic mass is 9.83. The highest BCUT2D eigenvalue weighted by Gasteiger charge is 2.45. The molecule has 1 aliphatic carbocycles. The fourth-order valence-corrected chi connectivity index (χ4v) is 6.13. The van der Waals surface area contributed by atoms with E-state index in [1.807, 2.05) is 32.0 Å². The van der Waals surface area contributed by atoms with Gasteiger partial charge >= 0.3 is 12.1 Å². The third kappa shape index (κ3) is 6.09. The maximum absolute atomic E-state index is 13.9. The van der Waals surface area contributed by atoms with E-state index in [-0.39, 0.29) is 17.8 Å². The molecular weight excluding hydrogens is 518 g/mol. The lowest BCUT2D eigenvalue weighted by Gasteiger charge is -2.39. The van der Waals surface area contributed by atoms with Gasteiger partial charge in [0, 0.05) is 0 Å². The molecule has 3 nitrogen and oxygen atoms in total. The van der Waals surface area contributed by atoms with E-state index < -0.39 is 23.6 Å². The van der Waals surface area contributed by atoms with Crippen LogP contribution in [0.5, 0.6) is 0 Å². The number of hydrogen-bond donors (Lipinski definition) is 1. The number of carbonyl (C=O) groups is 1. The SMILES string of the molecule is CC(C)CC(C(=O)O)c1ccc(C(c2ccc(F)cc2)N2CCC3(CC2)CC3)c(-c2ccc(C(F)(F)F)cc2)c1. The van der Waals surface area contributed by atoms with Crippen LogP contribution < -0.4 is 0 Å². The minimum Gasteiger partial charge on any atom is -0.481 e. The number of piperidine rings is 1. The fourth-order valence-electron chi connectivity index (χ4n) is 6.13. The Labute approximate surface area is 232 Å². The van der Waals surface area contributed by atoms with Gasteiger partial charge < -0.3 is 5.11 Å². The van der Waals surface area contributed by atoms with Crippen molar-refractivity contribution in [1.29, 1.82) is 0 Å². The van der Waals surface area contributed by atoms with E-state index in [2.05, 4.69) is 4.90 Å². The van der Waals surface area contributed by atoms with E-state index in [0.717, 1.165) is 49.2 Å². The Morgan fingerprint density at radius 1 is 0.900 bits per heavy atom. The summed E-state index contributed by atoms with van der Waals surface area (Å²) < 4.78 is 54.1. The van der Waals surface area contributed by atoms with E-state index >= 15 is 0 Å². The molecule has 2 unspecified atom stereocenters. The summed E-state index contributed by atoms with van der Waals surface area (Å²) in [5, 5.41) is 10.0. The van der Waals surface area contributed by atoms with Gasteiger partial charge in [0.05, 0.1) is 17.5 Å². The molecule has 2 aliphatic rings. The molecular formula is C33H35F4NO2. The van der Waals surface area contributed by atoms with Crippen LogP contribution in [0.3, 0.4) is 0 Å². The van der Waals surface area contributed by atoms with Crippen molar-refractivity contribution in [2.75, 3.05) is 13.1 Å². The quantitative estimate of drug-likeness (QED) is 0.284. The summed E-state index contributed by atoms with van der Waals surface area (Å²) in [6.07, 6.45) is 0.635. The first-order valence-electron chi connectivity index (χ1n) is 14.0. The van der Waals surface area contributed by atoms with E-state index in [0.29, 0.717) is 28.5 Å². The van der Waals surface area contributed by atoms with Gasteiger partial charge in [-0.25, -0.2) is 4.39 Å². The first-order chi connectivity index (χ1) is 19.0. The van der Waals surface area contributed by atoms with Crippen molar-refractivity contribution in [2.45, 2.75) is 64.1 Å². The van der Waals surface area contributed by atoms with E-state index in [1.165, 1.54) is 37.1 Å². The molecule has 2 atom stereocenters. The highest BCUT2D eigenvalue weighted by molar-refractivity contribution is 5.78. The Kier molecular flexibility index (Phi) is 7.79. The third-order valence-electron chi connectivity index (χ3n) is 8.67. The summed E-state index contributed by atoms with van der Waals surface area (Å²) in [4.78, 5) is 14.6. The summed E-state index contributed by atoms with van der Waals surface area (Å²) in [5.74, 6) is -1.86. The molecule has 0 bridgehead atoms. The van der Waals surface area contributed by atoms with Crippen LogP contribution in [-0.2, 0) is 11.0 Å². The Hall–Kier alpha value is -3.19. The molecule has 3 aromatic rings. The van der Waals surface area contributed by atoms with E-state index in [9.17, 15) is 27.5 Å². The number of benzene rings is 3. The molecule has 2 fully saturated rings. The molecule has 7 heteroatoms. The lowest BCUT2D eigenvalue weighted by Crippen LogP contribution is -2.38. The molecule has 1 saturated carbocycles. The number of nitrogens with zero attached hydrogens (tertiary/aromatic N) is 1. The van der Waals surface area contributed by atoms with Crippen molar-refractivity contribution in [2.24, 2.45) is 11.3 Å². The summed E-state index contributed by atoms with van der Waals surface area (Å²) in [7, 11) is 0. The van der Waals surface area contributed by atoms with Gasteiger partial charge in [0.2, 0.25) is 0 Å². The number of halogens is 4. The number of rotatable bonds is 8. The molecule has 0 aromatic heterocycles. The Balaban J connectivity index is 1.65. The summed E-state index contributed by atoms with van der Waals surface area (Å²) in [5.41, 5.74) is 3.37. The van der Waals surface area contributed by atoms with Crippen molar-refractivity contribution >= 4 is 5.97 Å². The van der Waals surface area contributed by atoms with Crippen molar-refractivity contribution in [1.82, 2.24) is 4.90 Å². The van der Waals surface area contributed by atoms with E-state index in [1.54, 1.807) is 12.1 Å². The molecule has 3 aromatic carbocycles. The van der Waals surface area contributed by atoms with Crippen LogP contribution in [0.4, 0.5) is 17.6 Å². The minimum absolute atomic E-state index is 0.144. The Morgan fingerprint density at radius 3 is 2.02 bits per heavy atom. The zero-order valence-electron chi connectivity index (χ0n) is 22.8. The van der Waals surface area contributed by atoms with Gasteiger partial charge in [0.25, 0.3) is 0 Å². The monoisotopic (exact) mass is 553 g/mol. The highest BCUT2D eigenvalue weighted by Crippen LogP contribution is 2.55. The van der Waals surface area contributed by atoms with Gasteiger partial charge in [-0.15, -0.1) is 0 Å². The second kappa shape index (κ2) is 11.0. The molecule has 40 heavy (non-hydrogen) atoms. The van der Waals surface area contributed by atoms with Crippen LogP contribution in [0.15, 0.2) is 66.7 Å². The number of aliphatic carboxylic acids is 1. The van der Waals surface area contributed by atoms with Crippen LogP contribution >= 0.6 is 0 Å². The van der Waals surface area contributed by atoms with Crippen LogP contribution in [-0.4, -0.2) is 29.1 Å². The normalized spacial score (nSPS) is 18.6. The summed E-state index contributed by atoms with van der Waals surface area (Å²) >= 11 is 0. The van der Waals surface area contributed by atoms with Gasteiger partial charge in [0.1, 0.15) is 5.82 Å². The average molecular weight is 554 g/mol. The number of carboxylic acid groups (broad SMARTS) is 1. The van der Waals surface area contributed by atoms with Crippen LogP contribution in [0.2, 0.25) is 0 Å². The number of likely N-dealkylation sites (tertiary alicyclic amines) is 1. The van der Waals surface area contributed by atoms with Gasteiger partial charge in [-0.05, 0) is 115 Å². The second-order valence-corrected chi connectivity index (χ2v) is 11.9. The Morgan fingerprint density at radius 2 is 1.50 bits per heavy atom. The Bertz CT molecular complexity index is 1330. The van der Waals surface area contributed by atoms with Crippen LogP contribution in [0, 0.1) is 17.2 Å². The van der Waals surface area contributed by atoms with Gasteiger partial charge in [0.15, 0.2) is 0 Å². The lowest BCUT2D eigenvalue weighted by molar-refractivity contribution is -0.139. The topological polar surface area (TPSA) is 40.5 Å². The maximum atomic E-state index is 13.9. The zero-order valence-corrected chi connectivity index (χ0v) is 22.8. The second-order valence-electron chi connectivity index (χ2n) is 11.9. The van der Waals surface area contributed by atoms with Crippen molar-refractivity contribution in [3.05, 3.63) is 94.8 Å². The standard InChI is InChI=1S/C33H35F4NO2/c1-21(2)19-29(31(39)40)24-7-12-27(28(20-24)22-3-8-25(9-4-22)33(35,36)37)30(23-5-10-26(34)11-6-23)38-17-15-32(13-14-32)16-18-38/h3-12,20-21,29-30H,13-19H2,1-2H3,(H,39,40). The molecule has 0 radical (unpaired) electrons. The molecule has 212 valence electrons. The largest absolute Gasteiger partial charge is 0.481 e. The predicted octanol–water partition coefficient (Wildman–Crippen LogP) is 8.69. The van der Waals surface area contributed by atoms with Crippen molar-refractivity contribution in [3.8, 4) is 11.1 Å². The van der Waals surface area contributed by atoms with Crippen molar-refractivity contribution in [3.63, 3.8) is 0 Å². The van der Waals surface area contributed by atoms with Crippen molar-refractivity contribution < 1.29 is 27.5 Å². The minimum atomic E-state index is -4.46. The van der Waals surface area contributed by atoms with Gasteiger partial charge in [-0.3, -0.25) is 9.69 Å². The first-order valence-corrected chi connectivity index (χ1v) is 14.0. The first kappa shape index (κ1) is 28.3. The maximum Gasteiger partial charge on any atom is 0.416 e. The van der Waals surface area contributed by atoms with Crippen LogP contribution in [0.25, 0.3) is 11.1 Å². The average Bonchev–Trinajstić information content (AvgIpc) is 3.68. The molecule has 0 amide bonds. The zero-order chi connectivity index (χ0) is 28.7. The molecule has 5 rings (SSSR count). The van der Waals surface area contributed by atoms with Crippen LogP contribution in [0.1, 0.15) is 80.2 Å².